The van der Waals surface area contributed by atoms with E-state index >= 15 is 0 Å². The molecule has 0 saturated heterocycles. The van der Waals surface area contributed by atoms with Crippen LogP contribution in [0, 0.1) is 0 Å². The Morgan fingerprint density at radius 1 is 1.26 bits per heavy atom. The second-order valence-electron chi connectivity index (χ2n) is 5.26. The molecule has 120 valence electrons. The molecule has 0 radical (unpaired) electrons. The lowest BCUT2D eigenvalue weighted by molar-refractivity contribution is -0.127. The monoisotopic (exact) mass is 310 g/mol. The molecule has 0 fully saturated rings. The normalized spacial score (nSPS) is 10.1. The number of nitrogens with zero attached hydrogens (tertiary/aromatic N) is 2. The lowest BCUT2D eigenvalue weighted by atomic mass is 10.1. The van der Waals surface area contributed by atoms with Crippen molar-refractivity contribution in [2.75, 3.05) is 6.61 Å². The average molecular weight is 310 g/mol. The van der Waals surface area contributed by atoms with Gasteiger partial charge in [0.25, 0.3) is 0 Å². The summed E-state index contributed by atoms with van der Waals surface area (Å²) in [6.07, 6.45) is 5.79. The quantitative estimate of drug-likeness (QED) is 0.700. The molecule has 0 N–H and O–H groups in total. The van der Waals surface area contributed by atoms with Crippen molar-refractivity contribution in [1.82, 2.24) is 9.88 Å². The first-order valence-corrected chi connectivity index (χ1v) is 7.75. The van der Waals surface area contributed by atoms with Crippen LogP contribution in [0.3, 0.4) is 0 Å². The highest BCUT2D eigenvalue weighted by molar-refractivity contribution is 5.86. The van der Waals surface area contributed by atoms with Gasteiger partial charge in [-0.2, -0.15) is 0 Å². The molecule has 1 heterocycles. The molecule has 0 aliphatic rings. The Bertz CT molecular complexity index is 641. The molecule has 0 spiro atoms. The highest BCUT2D eigenvalue weighted by Gasteiger charge is 2.12. The molecule has 4 heteroatoms. The van der Waals surface area contributed by atoms with Crippen LogP contribution in [0.1, 0.15) is 24.5 Å². The zero-order valence-corrected chi connectivity index (χ0v) is 13.4. The predicted octanol–water partition coefficient (Wildman–Crippen LogP) is 3.59. The summed E-state index contributed by atoms with van der Waals surface area (Å²) in [6.45, 7) is 7.35. The SMILES string of the molecule is C=CC(=O)N(Cc1cccnc1)Cc1cccc(OCCC)c1. The minimum absolute atomic E-state index is 0.103. The van der Waals surface area contributed by atoms with Crippen molar-refractivity contribution >= 4 is 5.91 Å². The van der Waals surface area contributed by atoms with Crippen LogP contribution >= 0.6 is 0 Å². The van der Waals surface area contributed by atoms with Gasteiger partial charge in [0.15, 0.2) is 0 Å². The van der Waals surface area contributed by atoms with Gasteiger partial charge in [0.1, 0.15) is 5.75 Å². The predicted molar refractivity (Wildman–Crippen MR) is 90.9 cm³/mol. The second kappa shape index (κ2) is 8.73. The Hall–Kier alpha value is -2.62. The summed E-state index contributed by atoms with van der Waals surface area (Å²) in [5.74, 6) is 0.727. The summed E-state index contributed by atoms with van der Waals surface area (Å²) in [5, 5.41) is 0. The van der Waals surface area contributed by atoms with Crippen LogP contribution in [0.25, 0.3) is 0 Å². The minimum atomic E-state index is -0.103. The first kappa shape index (κ1) is 16.7. The maximum Gasteiger partial charge on any atom is 0.246 e. The van der Waals surface area contributed by atoms with Crippen molar-refractivity contribution in [1.29, 1.82) is 0 Å². The number of hydrogen-bond donors (Lipinski definition) is 0. The lowest BCUT2D eigenvalue weighted by Crippen LogP contribution is -2.28. The summed E-state index contributed by atoms with van der Waals surface area (Å²) < 4.78 is 5.65. The molecule has 1 aromatic heterocycles. The number of carbonyl (C=O) groups is 1. The van der Waals surface area contributed by atoms with Crippen LogP contribution in [-0.4, -0.2) is 22.4 Å². The molecule has 0 aliphatic heterocycles. The summed E-state index contributed by atoms with van der Waals surface area (Å²) in [7, 11) is 0. The van der Waals surface area contributed by atoms with Gasteiger partial charge in [-0.05, 0) is 41.8 Å². The lowest BCUT2D eigenvalue weighted by Gasteiger charge is -2.21. The van der Waals surface area contributed by atoms with E-state index in [1.807, 2.05) is 36.4 Å². The number of amides is 1. The van der Waals surface area contributed by atoms with E-state index in [9.17, 15) is 4.79 Å². The smallest absolute Gasteiger partial charge is 0.246 e. The van der Waals surface area contributed by atoms with E-state index < -0.39 is 0 Å². The zero-order valence-electron chi connectivity index (χ0n) is 13.4. The van der Waals surface area contributed by atoms with Gasteiger partial charge in [-0.3, -0.25) is 9.78 Å². The number of hydrogen-bond acceptors (Lipinski definition) is 3. The van der Waals surface area contributed by atoms with E-state index in [4.69, 9.17) is 4.74 Å². The molecule has 0 atom stereocenters. The third kappa shape index (κ3) is 5.25. The standard InChI is InChI=1S/C19H22N2O2/c1-3-11-23-18-9-5-7-16(12-18)14-21(19(22)4-2)15-17-8-6-10-20-13-17/h4-10,12-13H,2-3,11,14-15H2,1H3. The van der Waals surface area contributed by atoms with E-state index in [1.165, 1.54) is 6.08 Å². The van der Waals surface area contributed by atoms with Crippen molar-refractivity contribution in [2.24, 2.45) is 0 Å². The Balaban J connectivity index is 2.11. The van der Waals surface area contributed by atoms with Gasteiger partial charge >= 0.3 is 0 Å². The van der Waals surface area contributed by atoms with Gasteiger partial charge in [0.2, 0.25) is 5.91 Å². The summed E-state index contributed by atoms with van der Waals surface area (Å²) >= 11 is 0. The average Bonchev–Trinajstić information content (AvgIpc) is 2.60. The molecule has 0 unspecified atom stereocenters. The molecule has 0 bridgehead atoms. The second-order valence-corrected chi connectivity index (χ2v) is 5.26. The molecular weight excluding hydrogens is 288 g/mol. The number of rotatable bonds is 8. The van der Waals surface area contributed by atoms with Gasteiger partial charge in [-0.15, -0.1) is 0 Å². The van der Waals surface area contributed by atoms with E-state index in [2.05, 4.69) is 18.5 Å². The van der Waals surface area contributed by atoms with Crippen molar-refractivity contribution in [3.63, 3.8) is 0 Å². The summed E-state index contributed by atoms with van der Waals surface area (Å²) in [6, 6.07) is 11.7. The highest BCUT2D eigenvalue weighted by atomic mass is 16.5. The first-order valence-electron chi connectivity index (χ1n) is 7.75. The van der Waals surface area contributed by atoms with Gasteiger partial charge < -0.3 is 9.64 Å². The third-order valence-corrected chi connectivity index (χ3v) is 3.33. The Labute approximate surface area is 137 Å². The van der Waals surface area contributed by atoms with Gasteiger partial charge in [0, 0.05) is 25.5 Å². The van der Waals surface area contributed by atoms with Crippen LogP contribution in [0.5, 0.6) is 5.75 Å². The van der Waals surface area contributed by atoms with Crippen molar-refractivity contribution < 1.29 is 9.53 Å². The Kier molecular flexibility index (Phi) is 6.36. The Morgan fingerprint density at radius 3 is 2.74 bits per heavy atom. The molecule has 23 heavy (non-hydrogen) atoms. The van der Waals surface area contributed by atoms with Crippen molar-refractivity contribution in [3.05, 3.63) is 72.6 Å². The number of pyridine rings is 1. The van der Waals surface area contributed by atoms with E-state index in [1.54, 1.807) is 17.3 Å². The van der Waals surface area contributed by atoms with Gasteiger partial charge in [-0.1, -0.05) is 31.7 Å². The fourth-order valence-corrected chi connectivity index (χ4v) is 2.23. The van der Waals surface area contributed by atoms with Crippen molar-refractivity contribution in [3.8, 4) is 5.75 Å². The topological polar surface area (TPSA) is 42.4 Å². The fourth-order valence-electron chi connectivity index (χ4n) is 2.23. The first-order chi connectivity index (χ1) is 11.2. The van der Waals surface area contributed by atoms with Gasteiger partial charge in [-0.25, -0.2) is 0 Å². The number of ether oxygens (including phenoxy) is 1. The summed E-state index contributed by atoms with van der Waals surface area (Å²) in [4.78, 5) is 18.0. The largest absolute Gasteiger partial charge is 0.494 e. The maximum absolute atomic E-state index is 12.1. The number of aromatic nitrogens is 1. The molecule has 0 saturated carbocycles. The fraction of sp³-hybridized carbons (Fsp3) is 0.263. The minimum Gasteiger partial charge on any atom is -0.494 e. The molecule has 2 aromatic rings. The molecular formula is C19H22N2O2. The maximum atomic E-state index is 12.1. The number of benzene rings is 1. The molecule has 1 aromatic carbocycles. The molecule has 4 nitrogen and oxygen atoms in total. The van der Waals surface area contributed by atoms with E-state index in [0.29, 0.717) is 19.7 Å². The van der Waals surface area contributed by atoms with Crippen molar-refractivity contribution in [2.45, 2.75) is 26.4 Å². The molecule has 2 rings (SSSR count). The van der Waals surface area contributed by atoms with Crippen LogP contribution in [0.4, 0.5) is 0 Å². The van der Waals surface area contributed by atoms with Crippen LogP contribution in [0.2, 0.25) is 0 Å². The molecule has 0 aliphatic carbocycles. The third-order valence-electron chi connectivity index (χ3n) is 3.33. The van der Waals surface area contributed by atoms with Crippen LogP contribution in [0.15, 0.2) is 61.4 Å². The van der Waals surface area contributed by atoms with Crippen LogP contribution in [-0.2, 0) is 17.9 Å². The van der Waals surface area contributed by atoms with E-state index in [0.717, 1.165) is 23.3 Å². The highest BCUT2D eigenvalue weighted by Crippen LogP contribution is 2.16. The zero-order chi connectivity index (χ0) is 16.5. The van der Waals surface area contributed by atoms with Gasteiger partial charge in [0.05, 0.1) is 6.61 Å². The Morgan fingerprint density at radius 2 is 2.04 bits per heavy atom. The van der Waals surface area contributed by atoms with E-state index in [-0.39, 0.29) is 5.91 Å². The van der Waals surface area contributed by atoms with Crippen LogP contribution < -0.4 is 4.74 Å². The number of carbonyl (C=O) groups excluding carboxylic acids is 1. The molecule has 1 amide bonds. The summed E-state index contributed by atoms with van der Waals surface area (Å²) in [5.41, 5.74) is 2.01.